The largest absolute Gasteiger partial charge is 0.490 e. The van der Waals surface area contributed by atoms with Crippen molar-refractivity contribution in [1.29, 1.82) is 5.41 Å². The molecule has 0 aromatic heterocycles. The first kappa shape index (κ1) is 29.1. The van der Waals surface area contributed by atoms with E-state index in [4.69, 9.17) is 14.9 Å². The number of hydrazone groups is 1. The third kappa shape index (κ3) is 7.88. The van der Waals surface area contributed by atoms with Gasteiger partial charge in [0, 0.05) is 0 Å². The number of carbonyl (C=O) groups is 1. The molecule has 1 amide bonds. The Balaban J connectivity index is 1.09. The number of ether oxygens (including phenoxy) is 2. The predicted molar refractivity (Wildman–Crippen MR) is 168 cm³/mol. The van der Waals surface area contributed by atoms with Crippen LogP contribution in [0.15, 0.2) is 64.2 Å². The van der Waals surface area contributed by atoms with E-state index in [1.807, 2.05) is 24.3 Å². The highest BCUT2D eigenvalue weighted by Gasteiger charge is 2.35. The fraction of sp³-hybridized carbons (Fsp3) is 0.455. The second-order valence-electron chi connectivity index (χ2n) is 10.8. The molecular weight excluding hydrogens is 532 g/mol. The molecule has 2 aromatic rings. The van der Waals surface area contributed by atoms with Crippen LogP contribution < -0.4 is 9.47 Å². The van der Waals surface area contributed by atoms with Gasteiger partial charge in [-0.1, -0.05) is 76.1 Å². The van der Waals surface area contributed by atoms with Gasteiger partial charge in [0.25, 0.3) is 5.91 Å². The third-order valence-electron chi connectivity index (χ3n) is 7.76. The van der Waals surface area contributed by atoms with E-state index in [-0.39, 0.29) is 11.4 Å². The highest BCUT2D eigenvalue weighted by atomic mass is 32.2. The summed E-state index contributed by atoms with van der Waals surface area (Å²) in [4.78, 5) is 16.9. The molecule has 3 aliphatic rings. The standard InChI is InChI=1S/C33H40N4O3S/c1-2-3-4-5-9-12-30-36-37-31(34)29(32(38)35-33(37)41-30)23-24-13-17-27(18-14-24)39-21-22-40-28-19-15-26(16-20-28)25-10-7-6-8-11-25/h13-20,23,25,34H,2-12,21-22H2,1H3. The van der Waals surface area contributed by atoms with Crippen LogP contribution in [-0.4, -0.2) is 40.2 Å². The van der Waals surface area contributed by atoms with Gasteiger partial charge in [0.1, 0.15) is 29.8 Å². The molecule has 1 aliphatic carbocycles. The molecule has 2 heterocycles. The number of nitrogens with zero attached hydrogens (tertiary/aromatic N) is 3. The van der Waals surface area contributed by atoms with E-state index in [0.717, 1.165) is 34.9 Å². The van der Waals surface area contributed by atoms with Crippen molar-refractivity contribution >= 4 is 39.8 Å². The van der Waals surface area contributed by atoms with Crippen LogP contribution in [0.3, 0.4) is 0 Å². The fourth-order valence-corrected chi connectivity index (χ4v) is 6.36. The summed E-state index contributed by atoms with van der Waals surface area (Å²) in [6.45, 7) is 3.09. The van der Waals surface area contributed by atoms with Gasteiger partial charge in [-0.25, -0.2) is 0 Å². The molecule has 7 nitrogen and oxygen atoms in total. The Hall–Kier alpha value is -3.39. The molecule has 0 radical (unpaired) electrons. The van der Waals surface area contributed by atoms with Crippen molar-refractivity contribution in [2.24, 2.45) is 10.1 Å². The van der Waals surface area contributed by atoms with E-state index in [1.54, 1.807) is 6.08 Å². The second-order valence-corrected chi connectivity index (χ2v) is 11.9. The Kier molecular flexibility index (Phi) is 10.3. The first-order valence-corrected chi connectivity index (χ1v) is 15.9. The van der Waals surface area contributed by atoms with Gasteiger partial charge in [-0.3, -0.25) is 10.2 Å². The van der Waals surface area contributed by atoms with Crippen LogP contribution in [0.1, 0.15) is 94.6 Å². The summed E-state index contributed by atoms with van der Waals surface area (Å²) in [5.74, 6) is 1.94. The zero-order valence-corrected chi connectivity index (χ0v) is 24.8. The maximum atomic E-state index is 12.7. The van der Waals surface area contributed by atoms with E-state index < -0.39 is 5.91 Å². The van der Waals surface area contributed by atoms with Crippen LogP contribution in [-0.2, 0) is 4.79 Å². The van der Waals surface area contributed by atoms with Gasteiger partial charge in [-0.2, -0.15) is 15.1 Å². The number of benzene rings is 2. The van der Waals surface area contributed by atoms with Crippen molar-refractivity contribution in [1.82, 2.24) is 5.01 Å². The van der Waals surface area contributed by atoms with Gasteiger partial charge in [0.05, 0.1) is 5.57 Å². The minimum Gasteiger partial charge on any atom is -0.490 e. The zero-order valence-electron chi connectivity index (χ0n) is 23.9. The lowest BCUT2D eigenvalue weighted by Gasteiger charge is -2.22. The van der Waals surface area contributed by atoms with Crippen LogP contribution in [0.2, 0.25) is 0 Å². The highest BCUT2D eigenvalue weighted by Crippen LogP contribution is 2.33. The Labute approximate surface area is 247 Å². The number of unbranched alkanes of at least 4 members (excludes halogenated alkanes) is 4. The van der Waals surface area contributed by atoms with Crippen molar-refractivity contribution in [3.05, 3.63) is 65.2 Å². The second kappa shape index (κ2) is 14.5. The molecule has 0 atom stereocenters. The Bertz CT molecular complexity index is 1290. The molecule has 2 aromatic carbocycles. The third-order valence-corrected chi connectivity index (χ3v) is 8.73. The summed E-state index contributed by atoms with van der Waals surface area (Å²) >= 11 is 1.40. The van der Waals surface area contributed by atoms with Crippen LogP contribution in [0.4, 0.5) is 0 Å². The van der Waals surface area contributed by atoms with Crippen molar-refractivity contribution < 1.29 is 14.3 Å². The SMILES string of the molecule is CCCCCCCC1=NN2C(=N)C(=Cc3ccc(OCCOc4ccc(C5CCCCC5)cc4)cc3)C(=O)N=C2S1. The average Bonchev–Trinajstić information content (AvgIpc) is 3.41. The summed E-state index contributed by atoms with van der Waals surface area (Å²) in [5, 5.41) is 16.1. The number of aliphatic imine (C=N–C) groups is 1. The topological polar surface area (TPSA) is 87.3 Å². The Morgan fingerprint density at radius 3 is 2.27 bits per heavy atom. The predicted octanol–water partition coefficient (Wildman–Crippen LogP) is 8.17. The summed E-state index contributed by atoms with van der Waals surface area (Å²) in [6.07, 6.45) is 15.1. The number of carbonyl (C=O) groups excluding carboxylic acids is 1. The molecule has 1 N–H and O–H groups in total. The molecule has 216 valence electrons. The number of amides is 1. The smallest absolute Gasteiger partial charge is 0.283 e. The molecule has 1 fully saturated rings. The van der Waals surface area contributed by atoms with Gasteiger partial charge < -0.3 is 9.47 Å². The van der Waals surface area contributed by atoms with Gasteiger partial charge in [0.15, 0.2) is 5.84 Å². The van der Waals surface area contributed by atoms with Crippen molar-refractivity contribution in [3.63, 3.8) is 0 Å². The molecule has 0 spiro atoms. The number of thioether (sulfide) groups is 1. The number of nitrogens with one attached hydrogen (secondary N) is 1. The number of hydrogen-bond donors (Lipinski definition) is 1. The quantitative estimate of drug-likeness (QED) is 0.193. The Morgan fingerprint density at radius 1 is 0.927 bits per heavy atom. The molecule has 0 bridgehead atoms. The van der Waals surface area contributed by atoms with E-state index in [1.165, 1.54) is 80.1 Å². The first-order valence-electron chi connectivity index (χ1n) is 15.1. The summed E-state index contributed by atoms with van der Waals surface area (Å²) in [5.41, 5.74) is 2.45. The number of rotatable bonds is 13. The molecule has 2 aliphatic heterocycles. The lowest BCUT2D eigenvalue weighted by molar-refractivity contribution is -0.114. The zero-order chi connectivity index (χ0) is 28.4. The maximum Gasteiger partial charge on any atom is 0.283 e. The van der Waals surface area contributed by atoms with E-state index in [2.05, 4.69) is 41.3 Å². The van der Waals surface area contributed by atoms with E-state index >= 15 is 0 Å². The molecule has 1 saturated carbocycles. The molecular formula is C33H40N4O3S. The number of hydrogen-bond acceptors (Lipinski definition) is 6. The number of fused-ring (bicyclic) bond motifs is 1. The molecule has 41 heavy (non-hydrogen) atoms. The maximum absolute atomic E-state index is 12.7. The Morgan fingerprint density at radius 2 is 1.59 bits per heavy atom. The fourth-order valence-electron chi connectivity index (χ4n) is 5.43. The average molecular weight is 573 g/mol. The normalized spacial score (nSPS) is 18.4. The lowest BCUT2D eigenvalue weighted by atomic mass is 9.84. The van der Waals surface area contributed by atoms with Gasteiger partial charge in [-0.15, -0.1) is 0 Å². The minimum atomic E-state index is -0.405. The summed E-state index contributed by atoms with van der Waals surface area (Å²) < 4.78 is 11.7. The van der Waals surface area contributed by atoms with Gasteiger partial charge >= 0.3 is 0 Å². The summed E-state index contributed by atoms with van der Waals surface area (Å²) in [7, 11) is 0. The monoisotopic (exact) mass is 572 g/mol. The van der Waals surface area contributed by atoms with Crippen LogP contribution in [0.5, 0.6) is 11.5 Å². The summed E-state index contributed by atoms with van der Waals surface area (Å²) in [6, 6.07) is 16.0. The van der Waals surface area contributed by atoms with Crippen molar-refractivity contribution in [2.75, 3.05) is 13.2 Å². The van der Waals surface area contributed by atoms with Crippen LogP contribution in [0, 0.1) is 5.41 Å². The molecule has 0 saturated heterocycles. The number of amidine groups is 2. The van der Waals surface area contributed by atoms with Gasteiger partial charge in [-0.05, 0) is 84.8 Å². The first-order chi connectivity index (χ1) is 20.1. The molecule has 5 rings (SSSR count). The van der Waals surface area contributed by atoms with Crippen molar-refractivity contribution in [2.45, 2.75) is 83.5 Å². The highest BCUT2D eigenvalue weighted by molar-refractivity contribution is 8.26. The molecule has 8 heteroatoms. The lowest BCUT2D eigenvalue weighted by Crippen LogP contribution is -2.35. The van der Waals surface area contributed by atoms with Crippen LogP contribution in [0.25, 0.3) is 6.08 Å². The van der Waals surface area contributed by atoms with Crippen molar-refractivity contribution in [3.8, 4) is 11.5 Å². The van der Waals surface area contributed by atoms with E-state index in [0.29, 0.717) is 24.3 Å². The van der Waals surface area contributed by atoms with Gasteiger partial charge in [0.2, 0.25) is 5.17 Å². The van der Waals surface area contributed by atoms with E-state index in [9.17, 15) is 4.79 Å². The van der Waals surface area contributed by atoms with Crippen LogP contribution >= 0.6 is 11.8 Å². The molecule has 0 unspecified atom stereocenters. The minimum absolute atomic E-state index is 0.0673.